The molecule has 0 spiro atoms. The predicted molar refractivity (Wildman–Crippen MR) is 83.7 cm³/mol. The van der Waals surface area contributed by atoms with Gasteiger partial charge in [0, 0.05) is 23.8 Å². The number of nitrogens with zero attached hydrogens (tertiary/aromatic N) is 3. The van der Waals surface area contributed by atoms with Gasteiger partial charge in [-0.25, -0.2) is 0 Å². The Labute approximate surface area is 132 Å². The number of aromatic nitrogens is 4. The molecule has 118 valence electrons. The molecule has 0 aliphatic carbocycles. The van der Waals surface area contributed by atoms with Gasteiger partial charge in [-0.05, 0) is 36.4 Å². The quantitative estimate of drug-likeness (QED) is 0.666. The van der Waals surface area contributed by atoms with E-state index in [1.807, 2.05) is 30.5 Å². The largest absolute Gasteiger partial charge is 0.382 e. The van der Waals surface area contributed by atoms with Crippen LogP contribution in [0.2, 0.25) is 0 Å². The molecule has 1 fully saturated rings. The van der Waals surface area contributed by atoms with Crippen molar-refractivity contribution in [2.75, 3.05) is 13.1 Å². The van der Waals surface area contributed by atoms with Crippen LogP contribution in [0, 0.1) is 0 Å². The molecular weight excluding hydrogens is 294 g/mol. The van der Waals surface area contributed by atoms with E-state index in [0.717, 1.165) is 17.3 Å². The number of carbonyl (C=O) groups is 1. The number of benzene rings is 1. The van der Waals surface area contributed by atoms with Crippen LogP contribution in [-0.2, 0) is 5.60 Å². The van der Waals surface area contributed by atoms with Crippen molar-refractivity contribution in [3.05, 3.63) is 47.9 Å². The van der Waals surface area contributed by atoms with Crippen LogP contribution < -0.4 is 0 Å². The number of rotatable bonds is 2. The Morgan fingerprint density at radius 1 is 1.35 bits per heavy atom. The average molecular weight is 311 g/mol. The number of nitrogens with one attached hydrogen (secondary N) is 2. The summed E-state index contributed by atoms with van der Waals surface area (Å²) < 4.78 is 0. The second-order valence-corrected chi connectivity index (χ2v) is 6.00. The Balaban J connectivity index is 1.60. The molecule has 3 N–H and O–H groups in total. The first-order valence-corrected chi connectivity index (χ1v) is 7.61. The van der Waals surface area contributed by atoms with Gasteiger partial charge in [-0.2, -0.15) is 15.4 Å². The summed E-state index contributed by atoms with van der Waals surface area (Å²) in [6.07, 6.45) is 4.65. The number of β-amino-alcohol motifs (C(OH)–C–C–N with tert-alkyl or cyclic N) is 1. The van der Waals surface area contributed by atoms with Crippen LogP contribution >= 0.6 is 0 Å². The van der Waals surface area contributed by atoms with Gasteiger partial charge in [0.2, 0.25) is 0 Å². The highest BCUT2D eigenvalue weighted by molar-refractivity contribution is 5.98. The molecule has 4 rings (SSSR count). The fourth-order valence-corrected chi connectivity index (χ4v) is 3.21. The van der Waals surface area contributed by atoms with E-state index >= 15 is 0 Å². The minimum absolute atomic E-state index is 0.0804. The van der Waals surface area contributed by atoms with Crippen LogP contribution in [0.25, 0.3) is 10.9 Å². The monoisotopic (exact) mass is 311 g/mol. The van der Waals surface area contributed by atoms with Crippen LogP contribution in [-0.4, -0.2) is 49.4 Å². The summed E-state index contributed by atoms with van der Waals surface area (Å²) in [7, 11) is 0. The van der Waals surface area contributed by atoms with Crippen molar-refractivity contribution in [3.8, 4) is 0 Å². The number of hydrogen-bond donors (Lipinski definition) is 3. The zero-order chi connectivity index (χ0) is 15.9. The number of hydrogen-bond acceptors (Lipinski definition) is 4. The van der Waals surface area contributed by atoms with Gasteiger partial charge in [0.1, 0.15) is 11.3 Å². The molecule has 3 aromatic rings. The number of H-pyrrole nitrogens is 2. The third-order valence-corrected chi connectivity index (χ3v) is 4.45. The Bertz CT molecular complexity index is 841. The first-order chi connectivity index (χ1) is 11.2. The lowest BCUT2D eigenvalue weighted by Gasteiger charge is -2.38. The summed E-state index contributed by atoms with van der Waals surface area (Å²) >= 11 is 0. The molecule has 7 nitrogen and oxygen atoms in total. The molecule has 0 saturated carbocycles. The van der Waals surface area contributed by atoms with Gasteiger partial charge < -0.3 is 15.0 Å². The van der Waals surface area contributed by atoms with Gasteiger partial charge in [-0.15, -0.1) is 0 Å². The summed E-state index contributed by atoms with van der Waals surface area (Å²) in [5, 5.41) is 22.1. The molecule has 0 bridgehead atoms. The number of aromatic amines is 2. The molecule has 23 heavy (non-hydrogen) atoms. The number of amides is 1. The standard InChI is InChI=1S/C16H17N5O2/c22-15(12-3-2-11-4-6-17-13(11)8-12)21-7-1-5-16(23,10-21)14-9-18-20-19-14/h2-4,6,8-9,17,23H,1,5,7,10H2,(H,18,19,20)/t16-/m0/s1. The lowest BCUT2D eigenvalue weighted by Crippen LogP contribution is -2.48. The molecule has 1 saturated heterocycles. The maximum atomic E-state index is 12.8. The minimum atomic E-state index is -1.14. The van der Waals surface area contributed by atoms with Crippen LogP contribution in [0.4, 0.5) is 0 Å². The highest BCUT2D eigenvalue weighted by atomic mass is 16.3. The molecule has 1 aliphatic rings. The van der Waals surface area contributed by atoms with Crippen LogP contribution in [0.15, 0.2) is 36.7 Å². The van der Waals surface area contributed by atoms with Crippen molar-refractivity contribution >= 4 is 16.8 Å². The summed E-state index contributed by atoms with van der Waals surface area (Å²) in [5.74, 6) is -0.0804. The maximum absolute atomic E-state index is 12.8. The van der Waals surface area contributed by atoms with E-state index < -0.39 is 5.60 Å². The number of likely N-dealkylation sites (tertiary alicyclic amines) is 1. The molecule has 3 heterocycles. The van der Waals surface area contributed by atoms with E-state index in [2.05, 4.69) is 20.4 Å². The van der Waals surface area contributed by atoms with Crippen molar-refractivity contribution < 1.29 is 9.90 Å². The number of aliphatic hydroxyl groups is 1. The van der Waals surface area contributed by atoms with Gasteiger partial charge >= 0.3 is 0 Å². The van der Waals surface area contributed by atoms with Crippen molar-refractivity contribution in [1.29, 1.82) is 0 Å². The van der Waals surface area contributed by atoms with Gasteiger partial charge in [-0.3, -0.25) is 4.79 Å². The Kier molecular flexibility index (Phi) is 3.16. The first-order valence-electron chi connectivity index (χ1n) is 7.61. The lowest BCUT2D eigenvalue weighted by molar-refractivity contribution is -0.0320. The molecule has 1 amide bonds. The molecule has 1 aliphatic heterocycles. The summed E-state index contributed by atoms with van der Waals surface area (Å²) in [6, 6.07) is 7.56. The zero-order valence-electron chi connectivity index (χ0n) is 12.5. The highest BCUT2D eigenvalue weighted by Crippen LogP contribution is 2.30. The van der Waals surface area contributed by atoms with Gasteiger partial charge in [0.25, 0.3) is 5.91 Å². The van der Waals surface area contributed by atoms with Crippen molar-refractivity contribution in [3.63, 3.8) is 0 Å². The van der Waals surface area contributed by atoms with Crippen molar-refractivity contribution in [1.82, 2.24) is 25.3 Å². The van der Waals surface area contributed by atoms with E-state index in [-0.39, 0.29) is 12.5 Å². The van der Waals surface area contributed by atoms with E-state index in [1.54, 1.807) is 4.90 Å². The fraction of sp³-hybridized carbons (Fsp3) is 0.312. The molecule has 1 aromatic carbocycles. The molecular formula is C16H17N5O2. The second kappa shape index (κ2) is 5.20. The van der Waals surface area contributed by atoms with Crippen LogP contribution in [0.1, 0.15) is 28.9 Å². The topological polar surface area (TPSA) is 97.9 Å². The number of carbonyl (C=O) groups excluding carboxylic acids is 1. The van der Waals surface area contributed by atoms with Crippen LogP contribution in [0.5, 0.6) is 0 Å². The number of piperidine rings is 1. The third kappa shape index (κ3) is 2.39. The summed E-state index contributed by atoms with van der Waals surface area (Å²) in [6.45, 7) is 0.850. The normalized spacial score (nSPS) is 21.7. The van der Waals surface area contributed by atoms with E-state index in [9.17, 15) is 9.90 Å². The smallest absolute Gasteiger partial charge is 0.254 e. The third-order valence-electron chi connectivity index (χ3n) is 4.45. The first kappa shape index (κ1) is 14.0. The zero-order valence-corrected chi connectivity index (χ0v) is 12.5. The van der Waals surface area contributed by atoms with Crippen molar-refractivity contribution in [2.45, 2.75) is 18.4 Å². The summed E-state index contributed by atoms with van der Waals surface area (Å²) in [5.41, 5.74) is 0.885. The number of fused-ring (bicyclic) bond motifs is 1. The molecule has 0 radical (unpaired) electrons. The van der Waals surface area contributed by atoms with Crippen molar-refractivity contribution in [2.24, 2.45) is 0 Å². The fourth-order valence-electron chi connectivity index (χ4n) is 3.21. The van der Waals surface area contributed by atoms with E-state index in [0.29, 0.717) is 24.2 Å². The minimum Gasteiger partial charge on any atom is -0.382 e. The van der Waals surface area contributed by atoms with Crippen LogP contribution in [0.3, 0.4) is 0 Å². The Morgan fingerprint density at radius 3 is 3.09 bits per heavy atom. The second-order valence-electron chi connectivity index (χ2n) is 6.00. The van der Waals surface area contributed by atoms with Gasteiger partial charge in [0.15, 0.2) is 0 Å². The van der Waals surface area contributed by atoms with E-state index in [4.69, 9.17) is 0 Å². The molecule has 2 aromatic heterocycles. The van der Waals surface area contributed by atoms with E-state index in [1.165, 1.54) is 6.20 Å². The lowest BCUT2D eigenvalue weighted by atomic mass is 9.89. The van der Waals surface area contributed by atoms with Gasteiger partial charge in [0.05, 0.1) is 12.7 Å². The maximum Gasteiger partial charge on any atom is 0.254 e. The van der Waals surface area contributed by atoms with Gasteiger partial charge in [-0.1, -0.05) is 6.07 Å². The Morgan fingerprint density at radius 2 is 2.26 bits per heavy atom. The Hall–Kier alpha value is -2.67. The predicted octanol–water partition coefficient (Wildman–Crippen LogP) is 1.41. The average Bonchev–Trinajstić information content (AvgIpc) is 3.25. The molecule has 0 unspecified atom stereocenters. The molecule has 1 atom stereocenters. The highest BCUT2D eigenvalue weighted by Gasteiger charge is 2.39. The summed E-state index contributed by atoms with van der Waals surface area (Å²) in [4.78, 5) is 17.6. The molecule has 7 heteroatoms. The SMILES string of the molecule is O=C(c1ccc2cc[nH]c2c1)N1CCC[C@@](O)(c2cn[nH]n2)C1.